The summed E-state index contributed by atoms with van der Waals surface area (Å²) in [6, 6.07) is 33.5. The predicted molar refractivity (Wildman–Crippen MR) is 152 cm³/mol. The van der Waals surface area contributed by atoms with E-state index in [2.05, 4.69) is 139 Å². The van der Waals surface area contributed by atoms with Crippen LogP contribution in [0.25, 0.3) is 21.5 Å². The Labute approximate surface area is 214 Å². The Bertz CT molecular complexity index is 1340. The van der Waals surface area contributed by atoms with E-state index in [9.17, 15) is 0 Å². The molecule has 0 fully saturated rings. The van der Waals surface area contributed by atoms with Crippen molar-refractivity contribution in [3.05, 3.63) is 108 Å². The van der Waals surface area contributed by atoms with Crippen molar-refractivity contribution >= 4 is 21.5 Å². The Balaban J connectivity index is 1.61. The molecule has 0 saturated carbocycles. The number of hydrogen-bond donors (Lipinski definition) is 0. The summed E-state index contributed by atoms with van der Waals surface area (Å²) in [6.07, 6.45) is 0. The highest BCUT2D eigenvalue weighted by atomic mass is 16.5. The van der Waals surface area contributed by atoms with Gasteiger partial charge in [0.2, 0.25) is 0 Å². The quantitative estimate of drug-likeness (QED) is 0.241. The molecule has 0 unspecified atom stereocenters. The Morgan fingerprint density at radius 1 is 0.389 bits per heavy atom. The van der Waals surface area contributed by atoms with Gasteiger partial charge in [-0.1, -0.05) is 114 Å². The SMILES string of the molecule is CC(C)(C)c1ccc(Oc2c3ccccc3c(Oc3ccc(C(C)(C)C)cc3)c3ccccc23)cc1. The molecular weight excluding hydrogens is 440 g/mol. The van der Waals surface area contributed by atoms with Gasteiger partial charge in [0.25, 0.3) is 0 Å². The highest BCUT2D eigenvalue weighted by Gasteiger charge is 2.19. The van der Waals surface area contributed by atoms with E-state index >= 15 is 0 Å². The van der Waals surface area contributed by atoms with Crippen LogP contribution in [0.15, 0.2) is 97.1 Å². The first kappa shape index (κ1) is 23.9. The average molecular weight is 475 g/mol. The highest BCUT2D eigenvalue weighted by molar-refractivity contribution is 6.11. The molecule has 5 aromatic rings. The first-order chi connectivity index (χ1) is 17.1. The molecule has 0 aliphatic heterocycles. The van der Waals surface area contributed by atoms with Gasteiger partial charge >= 0.3 is 0 Å². The highest BCUT2D eigenvalue weighted by Crippen LogP contribution is 2.45. The summed E-state index contributed by atoms with van der Waals surface area (Å²) in [5.74, 6) is 3.34. The minimum atomic E-state index is 0.0992. The van der Waals surface area contributed by atoms with Gasteiger partial charge in [0.05, 0.1) is 0 Å². The van der Waals surface area contributed by atoms with Crippen molar-refractivity contribution in [2.24, 2.45) is 0 Å². The topological polar surface area (TPSA) is 18.5 Å². The molecule has 5 aromatic carbocycles. The second-order valence-electron chi connectivity index (χ2n) is 11.5. The van der Waals surface area contributed by atoms with Gasteiger partial charge in [0.1, 0.15) is 23.0 Å². The summed E-state index contributed by atoms with van der Waals surface area (Å²) in [7, 11) is 0. The molecule has 0 bridgehead atoms. The van der Waals surface area contributed by atoms with Gasteiger partial charge in [-0.2, -0.15) is 0 Å². The molecule has 0 aliphatic rings. The van der Waals surface area contributed by atoms with E-state index in [0.29, 0.717) is 0 Å². The van der Waals surface area contributed by atoms with Crippen molar-refractivity contribution < 1.29 is 9.47 Å². The zero-order chi connectivity index (χ0) is 25.5. The van der Waals surface area contributed by atoms with Crippen molar-refractivity contribution in [1.29, 1.82) is 0 Å². The average Bonchev–Trinajstić information content (AvgIpc) is 2.85. The minimum absolute atomic E-state index is 0.0992. The molecule has 0 aromatic heterocycles. The number of ether oxygens (including phenoxy) is 2. The monoisotopic (exact) mass is 474 g/mol. The molecule has 2 heteroatoms. The van der Waals surface area contributed by atoms with E-state index in [1.165, 1.54) is 11.1 Å². The summed E-state index contributed by atoms with van der Waals surface area (Å²) in [5.41, 5.74) is 2.76. The molecule has 0 amide bonds. The maximum atomic E-state index is 6.58. The van der Waals surface area contributed by atoms with Crippen LogP contribution in [0.2, 0.25) is 0 Å². The van der Waals surface area contributed by atoms with Crippen LogP contribution in [-0.2, 0) is 10.8 Å². The van der Waals surface area contributed by atoms with Crippen LogP contribution in [0.1, 0.15) is 52.7 Å². The van der Waals surface area contributed by atoms with Gasteiger partial charge in [0.15, 0.2) is 0 Å². The fraction of sp³-hybridized carbons (Fsp3) is 0.235. The minimum Gasteiger partial charge on any atom is -0.456 e. The van der Waals surface area contributed by atoms with E-state index in [1.807, 2.05) is 0 Å². The van der Waals surface area contributed by atoms with Crippen molar-refractivity contribution in [2.45, 2.75) is 52.4 Å². The molecule has 0 N–H and O–H groups in total. The summed E-state index contributed by atoms with van der Waals surface area (Å²) in [5, 5.41) is 4.10. The fourth-order valence-electron chi connectivity index (χ4n) is 4.55. The Kier molecular flexibility index (Phi) is 6.00. The molecule has 36 heavy (non-hydrogen) atoms. The first-order valence-corrected chi connectivity index (χ1v) is 12.6. The van der Waals surface area contributed by atoms with Crippen LogP contribution in [0.5, 0.6) is 23.0 Å². The summed E-state index contributed by atoms with van der Waals surface area (Å²) in [4.78, 5) is 0. The summed E-state index contributed by atoms with van der Waals surface area (Å²) < 4.78 is 13.2. The number of rotatable bonds is 4. The number of hydrogen-bond acceptors (Lipinski definition) is 2. The van der Waals surface area contributed by atoms with E-state index in [4.69, 9.17) is 9.47 Å². The van der Waals surface area contributed by atoms with E-state index in [1.54, 1.807) is 0 Å². The van der Waals surface area contributed by atoms with Gasteiger partial charge in [-0.05, 0) is 46.2 Å². The molecule has 0 aliphatic carbocycles. The Hall–Kier alpha value is -3.78. The van der Waals surface area contributed by atoms with Crippen molar-refractivity contribution in [3.8, 4) is 23.0 Å². The maximum absolute atomic E-state index is 6.58. The largest absolute Gasteiger partial charge is 0.456 e. The normalized spacial score (nSPS) is 12.2. The van der Waals surface area contributed by atoms with Crippen LogP contribution in [-0.4, -0.2) is 0 Å². The number of benzene rings is 5. The lowest BCUT2D eigenvalue weighted by Gasteiger charge is -2.21. The van der Waals surface area contributed by atoms with E-state index < -0.39 is 0 Å². The third-order valence-electron chi connectivity index (χ3n) is 6.71. The summed E-state index contributed by atoms with van der Waals surface area (Å²) in [6.45, 7) is 13.3. The van der Waals surface area contributed by atoms with Crippen LogP contribution >= 0.6 is 0 Å². The lowest BCUT2D eigenvalue weighted by atomic mass is 9.87. The second-order valence-corrected chi connectivity index (χ2v) is 11.5. The van der Waals surface area contributed by atoms with Crippen LogP contribution in [0, 0.1) is 0 Å². The molecule has 2 nitrogen and oxygen atoms in total. The van der Waals surface area contributed by atoms with Gasteiger partial charge in [-0.25, -0.2) is 0 Å². The van der Waals surface area contributed by atoms with Gasteiger partial charge in [-0.15, -0.1) is 0 Å². The predicted octanol–water partition coefficient (Wildman–Crippen LogP) is 10.2. The maximum Gasteiger partial charge on any atom is 0.143 e. The molecule has 0 atom stereocenters. The third kappa shape index (κ3) is 4.68. The Morgan fingerprint density at radius 3 is 0.917 bits per heavy atom. The van der Waals surface area contributed by atoms with Gasteiger partial charge in [-0.3, -0.25) is 0 Å². The van der Waals surface area contributed by atoms with E-state index in [0.717, 1.165) is 44.5 Å². The van der Waals surface area contributed by atoms with Gasteiger partial charge in [0, 0.05) is 21.5 Å². The van der Waals surface area contributed by atoms with Crippen molar-refractivity contribution in [1.82, 2.24) is 0 Å². The molecule has 0 spiro atoms. The van der Waals surface area contributed by atoms with Crippen LogP contribution in [0.4, 0.5) is 0 Å². The summed E-state index contributed by atoms with van der Waals surface area (Å²) >= 11 is 0. The second kappa shape index (κ2) is 9.02. The third-order valence-corrected chi connectivity index (χ3v) is 6.71. The van der Waals surface area contributed by atoms with Gasteiger partial charge < -0.3 is 9.47 Å². The molecule has 5 rings (SSSR count). The standard InChI is InChI=1S/C34H34O2/c1-33(2,3)23-15-19-25(20-16-23)35-31-27-11-7-9-13-29(27)32(30-14-10-8-12-28(30)31)36-26-21-17-24(18-22-26)34(4,5)6/h7-22H,1-6H3. The molecule has 0 radical (unpaired) electrons. The fourth-order valence-corrected chi connectivity index (χ4v) is 4.55. The molecule has 0 heterocycles. The van der Waals surface area contributed by atoms with E-state index in [-0.39, 0.29) is 10.8 Å². The van der Waals surface area contributed by atoms with Crippen LogP contribution < -0.4 is 9.47 Å². The van der Waals surface area contributed by atoms with Crippen molar-refractivity contribution in [2.75, 3.05) is 0 Å². The van der Waals surface area contributed by atoms with Crippen LogP contribution in [0.3, 0.4) is 0 Å². The Morgan fingerprint density at radius 2 is 0.667 bits per heavy atom. The lowest BCUT2D eigenvalue weighted by molar-refractivity contribution is 0.484. The molecule has 182 valence electrons. The zero-order valence-electron chi connectivity index (χ0n) is 22.1. The lowest BCUT2D eigenvalue weighted by Crippen LogP contribution is -2.10. The zero-order valence-corrected chi connectivity index (χ0v) is 22.1. The first-order valence-electron chi connectivity index (χ1n) is 12.6. The number of fused-ring (bicyclic) bond motifs is 2. The molecule has 0 saturated heterocycles. The smallest absolute Gasteiger partial charge is 0.143 e. The molecular formula is C34H34O2. The van der Waals surface area contributed by atoms with Crippen molar-refractivity contribution in [3.63, 3.8) is 0 Å².